The summed E-state index contributed by atoms with van der Waals surface area (Å²) in [5.74, 6) is -0.339. The molecule has 0 unspecified atom stereocenters. The monoisotopic (exact) mass is 252 g/mol. The summed E-state index contributed by atoms with van der Waals surface area (Å²) in [6, 6.07) is 0. The maximum atomic E-state index is 10.9. The van der Waals surface area contributed by atoms with Crippen molar-refractivity contribution in [3.8, 4) is 0 Å². The molecule has 0 aliphatic heterocycles. The number of rotatable bonds is 7. The smallest absolute Gasteiger partial charge is 0.337 e. The quantitative estimate of drug-likeness (QED) is 0.488. The number of aliphatic hydroxyl groups is 2. The molecule has 0 radical (unpaired) electrons. The maximum absolute atomic E-state index is 10.9. The van der Waals surface area contributed by atoms with Crippen LogP contribution in [0.15, 0.2) is 0 Å². The summed E-state index contributed by atoms with van der Waals surface area (Å²) >= 11 is 0. The minimum atomic E-state index is -0.802. The van der Waals surface area contributed by atoms with Crippen molar-refractivity contribution in [2.75, 3.05) is 40.1 Å². The van der Waals surface area contributed by atoms with Crippen molar-refractivity contribution < 1.29 is 29.2 Å². The number of hydrogen-bond donors (Lipinski definition) is 2. The molecule has 104 valence electrons. The average Bonchev–Trinajstić information content (AvgIpc) is 2.29. The summed E-state index contributed by atoms with van der Waals surface area (Å²) < 4.78 is 14.2. The van der Waals surface area contributed by atoms with E-state index in [1.165, 1.54) is 7.11 Å². The molecular weight excluding hydrogens is 228 g/mol. The molecule has 0 aromatic carbocycles. The van der Waals surface area contributed by atoms with Gasteiger partial charge in [-0.25, -0.2) is 4.79 Å². The molecule has 0 aliphatic rings. The number of methoxy groups -OCH3 is 1. The fourth-order valence-corrected chi connectivity index (χ4v) is 0.897. The second-order valence-corrected chi connectivity index (χ2v) is 3.49. The maximum Gasteiger partial charge on any atom is 0.337 e. The van der Waals surface area contributed by atoms with Gasteiger partial charge >= 0.3 is 5.97 Å². The van der Waals surface area contributed by atoms with Gasteiger partial charge in [-0.15, -0.1) is 0 Å². The van der Waals surface area contributed by atoms with Crippen molar-refractivity contribution in [1.82, 2.24) is 0 Å². The molecule has 0 atom stereocenters. The van der Waals surface area contributed by atoms with Crippen LogP contribution in [0.5, 0.6) is 0 Å². The van der Waals surface area contributed by atoms with Crippen LogP contribution in [-0.4, -0.2) is 61.9 Å². The Morgan fingerprint density at radius 2 is 1.65 bits per heavy atom. The van der Waals surface area contributed by atoms with Crippen LogP contribution >= 0.6 is 0 Å². The Labute approximate surface area is 102 Å². The van der Waals surface area contributed by atoms with Crippen molar-refractivity contribution in [2.45, 2.75) is 26.4 Å². The lowest BCUT2D eigenvalue weighted by molar-refractivity contribution is -0.164. The van der Waals surface area contributed by atoms with Crippen LogP contribution in [0.3, 0.4) is 0 Å². The minimum Gasteiger partial charge on any atom is -0.467 e. The van der Waals surface area contributed by atoms with E-state index in [4.69, 9.17) is 14.9 Å². The molecule has 6 heteroatoms. The minimum absolute atomic E-state index is 0.0278. The second kappa shape index (κ2) is 11.8. The largest absolute Gasteiger partial charge is 0.467 e. The van der Waals surface area contributed by atoms with Crippen molar-refractivity contribution in [2.24, 2.45) is 0 Å². The first-order chi connectivity index (χ1) is 7.96. The summed E-state index contributed by atoms with van der Waals surface area (Å²) in [5.41, 5.74) is -0.802. The van der Waals surface area contributed by atoms with Crippen LogP contribution in [0, 0.1) is 0 Å². The standard InChI is InChI=1S/C7H14O3.C4H10O3/c1-5-10-7(2,3)6(8)9-4;5-1-3-7-4-2-6/h5H2,1-4H3;5-6H,1-4H2. The highest BCUT2D eigenvalue weighted by molar-refractivity contribution is 5.78. The fraction of sp³-hybridized carbons (Fsp3) is 0.909. The lowest BCUT2D eigenvalue weighted by atomic mass is 10.1. The van der Waals surface area contributed by atoms with E-state index >= 15 is 0 Å². The highest BCUT2D eigenvalue weighted by Gasteiger charge is 2.28. The first-order valence-electron chi connectivity index (χ1n) is 5.48. The van der Waals surface area contributed by atoms with Crippen LogP contribution in [0.4, 0.5) is 0 Å². The summed E-state index contributed by atoms with van der Waals surface area (Å²) in [4.78, 5) is 10.9. The van der Waals surface area contributed by atoms with Gasteiger partial charge in [-0.2, -0.15) is 0 Å². The lowest BCUT2D eigenvalue weighted by Crippen LogP contribution is -2.35. The van der Waals surface area contributed by atoms with Gasteiger partial charge in [0.2, 0.25) is 0 Å². The van der Waals surface area contributed by atoms with E-state index in [-0.39, 0.29) is 19.2 Å². The molecule has 0 bridgehead atoms. The number of aliphatic hydroxyl groups excluding tert-OH is 2. The van der Waals surface area contributed by atoms with E-state index in [0.717, 1.165) is 0 Å². The predicted octanol–water partition coefficient (Wildman–Crippen LogP) is -0.0379. The highest BCUT2D eigenvalue weighted by atomic mass is 16.6. The molecule has 17 heavy (non-hydrogen) atoms. The third kappa shape index (κ3) is 11.6. The number of carbonyl (C=O) groups is 1. The molecule has 0 rings (SSSR count). The number of esters is 1. The zero-order valence-electron chi connectivity index (χ0n) is 11.1. The average molecular weight is 252 g/mol. The third-order valence-electron chi connectivity index (χ3n) is 1.65. The van der Waals surface area contributed by atoms with Gasteiger partial charge in [-0.3, -0.25) is 0 Å². The van der Waals surface area contributed by atoms with Gasteiger partial charge in [0, 0.05) is 6.61 Å². The molecule has 0 heterocycles. The Morgan fingerprint density at radius 1 is 1.18 bits per heavy atom. The molecule has 2 N–H and O–H groups in total. The molecular formula is C11H24O6. The summed E-state index contributed by atoms with van der Waals surface area (Å²) in [5, 5.41) is 16.2. The number of ether oxygens (including phenoxy) is 3. The number of hydrogen-bond acceptors (Lipinski definition) is 6. The Kier molecular flexibility index (Phi) is 12.9. The summed E-state index contributed by atoms with van der Waals surface area (Å²) in [7, 11) is 1.35. The third-order valence-corrected chi connectivity index (χ3v) is 1.65. The van der Waals surface area contributed by atoms with Crippen LogP contribution < -0.4 is 0 Å². The van der Waals surface area contributed by atoms with Crippen molar-refractivity contribution >= 4 is 5.97 Å². The predicted molar refractivity (Wildman–Crippen MR) is 62.7 cm³/mol. The molecule has 6 nitrogen and oxygen atoms in total. The lowest BCUT2D eigenvalue weighted by Gasteiger charge is -2.20. The normalized spacial score (nSPS) is 10.5. The van der Waals surface area contributed by atoms with Crippen LogP contribution in [0.1, 0.15) is 20.8 Å². The Bertz CT molecular complexity index is 177. The molecule has 0 aliphatic carbocycles. The number of carbonyl (C=O) groups excluding carboxylic acids is 1. The first-order valence-corrected chi connectivity index (χ1v) is 5.48. The topological polar surface area (TPSA) is 85.2 Å². The van der Waals surface area contributed by atoms with Crippen LogP contribution in [0.25, 0.3) is 0 Å². The van der Waals surface area contributed by atoms with E-state index in [2.05, 4.69) is 9.47 Å². The molecule has 0 saturated heterocycles. The van der Waals surface area contributed by atoms with Gasteiger partial charge in [0.25, 0.3) is 0 Å². The van der Waals surface area contributed by atoms with Gasteiger partial charge in [-0.1, -0.05) is 0 Å². The molecule has 0 spiro atoms. The Hall–Kier alpha value is -0.690. The van der Waals surface area contributed by atoms with E-state index in [0.29, 0.717) is 19.8 Å². The second-order valence-electron chi connectivity index (χ2n) is 3.49. The zero-order valence-corrected chi connectivity index (χ0v) is 11.1. The van der Waals surface area contributed by atoms with Gasteiger partial charge in [0.15, 0.2) is 5.60 Å². The Morgan fingerprint density at radius 3 is 1.94 bits per heavy atom. The summed E-state index contributed by atoms with van der Waals surface area (Å²) in [6.45, 7) is 6.42. The van der Waals surface area contributed by atoms with Gasteiger partial charge in [0.05, 0.1) is 33.5 Å². The Balaban J connectivity index is 0. The first kappa shape index (κ1) is 18.7. The molecule has 0 aromatic rings. The van der Waals surface area contributed by atoms with Crippen LogP contribution in [-0.2, 0) is 19.0 Å². The van der Waals surface area contributed by atoms with Crippen molar-refractivity contribution in [3.63, 3.8) is 0 Å². The highest BCUT2D eigenvalue weighted by Crippen LogP contribution is 2.09. The molecule has 0 amide bonds. The van der Waals surface area contributed by atoms with Crippen LogP contribution in [0.2, 0.25) is 0 Å². The summed E-state index contributed by atoms with van der Waals surface area (Å²) in [6.07, 6.45) is 0. The van der Waals surface area contributed by atoms with E-state index < -0.39 is 5.60 Å². The fourth-order valence-electron chi connectivity index (χ4n) is 0.897. The van der Waals surface area contributed by atoms with E-state index in [1.54, 1.807) is 13.8 Å². The van der Waals surface area contributed by atoms with Crippen molar-refractivity contribution in [3.05, 3.63) is 0 Å². The van der Waals surface area contributed by atoms with E-state index in [9.17, 15) is 4.79 Å². The van der Waals surface area contributed by atoms with Gasteiger partial charge < -0.3 is 24.4 Å². The molecule has 0 aromatic heterocycles. The SMILES string of the molecule is CCOC(C)(C)C(=O)OC.OCCOCCO. The zero-order chi connectivity index (χ0) is 13.7. The molecule has 0 saturated carbocycles. The van der Waals surface area contributed by atoms with Crippen molar-refractivity contribution in [1.29, 1.82) is 0 Å². The van der Waals surface area contributed by atoms with Gasteiger partial charge in [0.1, 0.15) is 0 Å². The van der Waals surface area contributed by atoms with Gasteiger partial charge in [-0.05, 0) is 20.8 Å². The van der Waals surface area contributed by atoms with E-state index in [1.807, 2.05) is 6.92 Å². The molecule has 0 fully saturated rings.